The van der Waals surface area contributed by atoms with Crippen LogP contribution < -0.4 is 5.32 Å². The van der Waals surface area contributed by atoms with Crippen molar-refractivity contribution in [1.82, 2.24) is 4.98 Å². The summed E-state index contributed by atoms with van der Waals surface area (Å²) in [5.74, 6) is -2.53. The minimum absolute atomic E-state index is 0.0246. The molecule has 5 nitrogen and oxygen atoms in total. The average Bonchev–Trinajstić information content (AvgIpc) is 2.82. The number of carbonyl (C=O) groups excluding carboxylic acids is 1. The van der Waals surface area contributed by atoms with Gasteiger partial charge in [0.05, 0.1) is 5.56 Å². The Labute approximate surface area is 118 Å². The number of rotatable bonds is 4. The molecule has 0 spiro atoms. The number of aryl methyl sites for hydroxylation is 1. The van der Waals surface area contributed by atoms with Crippen LogP contribution in [-0.2, 0) is 6.42 Å². The number of carboxylic acid groups (broad SMARTS) is 1. The molecule has 2 N–H and O–H groups in total. The highest BCUT2D eigenvalue weighted by atomic mass is 32.1. The highest BCUT2D eigenvalue weighted by molar-refractivity contribution is 7.16. The number of aromatic nitrogens is 1. The van der Waals surface area contributed by atoms with Crippen molar-refractivity contribution in [2.45, 2.75) is 13.3 Å². The second kappa shape index (κ2) is 5.79. The minimum Gasteiger partial charge on any atom is -0.478 e. The molecule has 0 atom stereocenters. The van der Waals surface area contributed by atoms with Crippen molar-refractivity contribution in [3.05, 3.63) is 46.3 Å². The number of amides is 1. The standard InChI is InChI=1S/C13H11FN2O3S/c1-2-7-6-8(13(18)19)12(20-7)16-11(17)9-4-3-5-10(14)15-9/h3-6H,2H2,1H3,(H,16,17)(H,18,19). The molecule has 0 aliphatic heterocycles. The van der Waals surface area contributed by atoms with Crippen LogP contribution in [0.3, 0.4) is 0 Å². The molecule has 2 aromatic rings. The van der Waals surface area contributed by atoms with Crippen LogP contribution in [0.5, 0.6) is 0 Å². The summed E-state index contributed by atoms with van der Waals surface area (Å²) in [6.07, 6.45) is 0.666. The quantitative estimate of drug-likeness (QED) is 0.850. The van der Waals surface area contributed by atoms with Gasteiger partial charge in [-0.25, -0.2) is 9.78 Å². The third-order valence-electron chi connectivity index (χ3n) is 2.54. The summed E-state index contributed by atoms with van der Waals surface area (Å²) in [7, 11) is 0. The molecule has 0 aromatic carbocycles. The van der Waals surface area contributed by atoms with E-state index in [4.69, 9.17) is 5.11 Å². The van der Waals surface area contributed by atoms with E-state index in [0.717, 1.165) is 10.9 Å². The molecule has 20 heavy (non-hydrogen) atoms. The van der Waals surface area contributed by atoms with Crippen LogP contribution in [0.1, 0.15) is 32.6 Å². The lowest BCUT2D eigenvalue weighted by atomic mass is 10.2. The van der Waals surface area contributed by atoms with Crippen molar-refractivity contribution in [3.8, 4) is 0 Å². The van der Waals surface area contributed by atoms with Crippen LogP contribution >= 0.6 is 11.3 Å². The summed E-state index contributed by atoms with van der Waals surface area (Å²) < 4.78 is 12.9. The predicted molar refractivity (Wildman–Crippen MR) is 72.8 cm³/mol. The van der Waals surface area contributed by atoms with Crippen LogP contribution in [0.2, 0.25) is 0 Å². The second-order valence-electron chi connectivity index (χ2n) is 3.91. The maximum Gasteiger partial charge on any atom is 0.338 e. The molecule has 0 aliphatic carbocycles. The molecule has 104 valence electrons. The van der Waals surface area contributed by atoms with E-state index in [9.17, 15) is 14.0 Å². The van der Waals surface area contributed by atoms with Gasteiger partial charge in [-0.05, 0) is 24.6 Å². The van der Waals surface area contributed by atoms with Crippen molar-refractivity contribution >= 4 is 28.2 Å². The largest absolute Gasteiger partial charge is 0.478 e. The van der Waals surface area contributed by atoms with Gasteiger partial charge >= 0.3 is 5.97 Å². The summed E-state index contributed by atoms with van der Waals surface area (Å²) in [4.78, 5) is 27.3. The lowest BCUT2D eigenvalue weighted by molar-refractivity contribution is 0.0698. The molecule has 2 aromatic heterocycles. The monoisotopic (exact) mass is 294 g/mol. The zero-order valence-corrected chi connectivity index (χ0v) is 11.3. The molecule has 2 heterocycles. The van der Waals surface area contributed by atoms with Crippen LogP contribution in [-0.4, -0.2) is 22.0 Å². The number of halogens is 1. The molecule has 0 bridgehead atoms. The number of anilines is 1. The van der Waals surface area contributed by atoms with Gasteiger partial charge in [0.25, 0.3) is 5.91 Å². The van der Waals surface area contributed by atoms with Crippen LogP contribution in [0.25, 0.3) is 0 Å². The normalized spacial score (nSPS) is 10.3. The first-order valence-electron chi connectivity index (χ1n) is 5.81. The van der Waals surface area contributed by atoms with E-state index in [-0.39, 0.29) is 16.3 Å². The number of aromatic carboxylic acids is 1. The summed E-state index contributed by atoms with van der Waals surface area (Å²) in [5, 5.41) is 11.8. The van der Waals surface area contributed by atoms with Gasteiger partial charge in [0.15, 0.2) is 0 Å². The van der Waals surface area contributed by atoms with Crippen LogP contribution in [0.4, 0.5) is 9.39 Å². The molecular formula is C13H11FN2O3S. The third kappa shape index (κ3) is 3.00. The highest BCUT2D eigenvalue weighted by Gasteiger charge is 2.18. The van der Waals surface area contributed by atoms with Gasteiger partial charge in [-0.3, -0.25) is 4.79 Å². The maximum absolute atomic E-state index is 12.9. The SMILES string of the molecule is CCc1cc(C(=O)O)c(NC(=O)c2cccc(F)n2)s1. The Hall–Kier alpha value is -2.28. The number of nitrogens with zero attached hydrogens (tertiary/aromatic N) is 1. The Balaban J connectivity index is 2.27. The zero-order valence-electron chi connectivity index (χ0n) is 10.5. The van der Waals surface area contributed by atoms with Gasteiger partial charge < -0.3 is 10.4 Å². The number of thiophene rings is 1. The topological polar surface area (TPSA) is 79.3 Å². The summed E-state index contributed by atoms with van der Waals surface area (Å²) in [6, 6.07) is 5.36. The van der Waals surface area contributed by atoms with Crippen LogP contribution in [0, 0.1) is 5.95 Å². The summed E-state index contributed by atoms with van der Waals surface area (Å²) in [6.45, 7) is 1.89. The molecule has 2 rings (SSSR count). The Morgan fingerprint density at radius 2 is 2.20 bits per heavy atom. The molecule has 7 heteroatoms. The zero-order chi connectivity index (χ0) is 14.7. The third-order valence-corrected chi connectivity index (χ3v) is 3.73. The van der Waals surface area contributed by atoms with Gasteiger partial charge in [0, 0.05) is 4.88 Å². The maximum atomic E-state index is 12.9. The van der Waals surface area contributed by atoms with E-state index in [1.165, 1.54) is 29.5 Å². The van der Waals surface area contributed by atoms with Crippen LogP contribution in [0.15, 0.2) is 24.3 Å². The van der Waals surface area contributed by atoms with Crippen molar-refractivity contribution in [2.24, 2.45) is 0 Å². The van der Waals surface area contributed by atoms with Crippen molar-refractivity contribution in [1.29, 1.82) is 0 Å². The molecule has 0 saturated carbocycles. The first-order chi connectivity index (χ1) is 9.51. The Kier molecular flexibility index (Phi) is 4.09. The van der Waals surface area contributed by atoms with E-state index >= 15 is 0 Å². The predicted octanol–water partition coefficient (Wildman–Crippen LogP) is 2.80. The first-order valence-corrected chi connectivity index (χ1v) is 6.62. The number of carboxylic acids is 1. The van der Waals surface area contributed by atoms with Gasteiger partial charge in [0.1, 0.15) is 10.7 Å². The number of hydrogen-bond donors (Lipinski definition) is 2. The van der Waals surface area contributed by atoms with E-state index < -0.39 is 17.8 Å². The molecule has 0 aliphatic rings. The first kappa shape index (κ1) is 14.1. The summed E-state index contributed by atoms with van der Waals surface area (Å²) >= 11 is 1.18. The average molecular weight is 294 g/mol. The van der Waals surface area contributed by atoms with Crippen molar-refractivity contribution in [3.63, 3.8) is 0 Å². The van der Waals surface area contributed by atoms with E-state index in [0.29, 0.717) is 6.42 Å². The van der Waals surface area contributed by atoms with Crippen molar-refractivity contribution < 1.29 is 19.1 Å². The Morgan fingerprint density at radius 3 is 2.80 bits per heavy atom. The van der Waals surface area contributed by atoms with Gasteiger partial charge in [-0.1, -0.05) is 13.0 Å². The van der Waals surface area contributed by atoms with Gasteiger partial charge in [-0.2, -0.15) is 4.39 Å². The lowest BCUT2D eigenvalue weighted by Crippen LogP contribution is -2.15. The molecule has 0 saturated heterocycles. The lowest BCUT2D eigenvalue weighted by Gasteiger charge is -2.03. The number of hydrogen-bond acceptors (Lipinski definition) is 4. The fraction of sp³-hybridized carbons (Fsp3) is 0.154. The molecule has 0 radical (unpaired) electrons. The number of nitrogens with one attached hydrogen (secondary N) is 1. The Bertz CT molecular complexity index is 669. The molecule has 0 unspecified atom stereocenters. The number of pyridine rings is 1. The van der Waals surface area contributed by atoms with E-state index in [1.54, 1.807) is 0 Å². The fourth-order valence-corrected chi connectivity index (χ4v) is 2.55. The van der Waals surface area contributed by atoms with Gasteiger partial charge in [0.2, 0.25) is 5.95 Å². The van der Waals surface area contributed by atoms with E-state index in [1.807, 2.05) is 6.92 Å². The molecule has 1 amide bonds. The van der Waals surface area contributed by atoms with Crippen molar-refractivity contribution in [2.75, 3.05) is 5.32 Å². The van der Waals surface area contributed by atoms with E-state index in [2.05, 4.69) is 10.3 Å². The highest BCUT2D eigenvalue weighted by Crippen LogP contribution is 2.29. The summed E-state index contributed by atoms with van der Waals surface area (Å²) in [5.41, 5.74) is -0.0793. The smallest absolute Gasteiger partial charge is 0.338 e. The number of carbonyl (C=O) groups is 2. The molecule has 0 fully saturated rings. The van der Waals surface area contributed by atoms with Gasteiger partial charge in [-0.15, -0.1) is 11.3 Å². The Morgan fingerprint density at radius 1 is 1.45 bits per heavy atom. The second-order valence-corrected chi connectivity index (χ2v) is 5.05. The molecular weight excluding hydrogens is 283 g/mol. The minimum atomic E-state index is -1.12. The fourth-order valence-electron chi connectivity index (χ4n) is 1.57.